The zero-order chi connectivity index (χ0) is 22.2. The van der Waals surface area contributed by atoms with Crippen molar-refractivity contribution in [3.63, 3.8) is 0 Å². The third-order valence-corrected chi connectivity index (χ3v) is 6.10. The van der Waals surface area contributed by atoms with Crippen LogP contribution in [0, 0.1) is 6.92 Å². The molecule has 2 aliphatic rings. The summed E-state index contributed by atoms with van der Waals surface area (Å²) in [4.78, 5) is 16.8. The predicted molar refractivity (Wildman–Crippen MR) is 124 cm³/mol. The topological polar surface area (TPSA) is 42.0 Å². The van der Waals surface area contributed by atoms with Gasteiger partial charge in [-0.2, -0.15) is 0 Å². The van der Waals surface area contributed by atoms with E-state index in [2.05, 4.69) is 24.0 Å². The molecule has 0 bridgehead atoms. The first-order valence-electron chi connectivity index (χ1n) is 11.0. The second kappa shape index (κ2) is 8.62. The summed E-state index contributed by atoms with van der Waals surface area (Å²) in [7, 11) is 0. The molecule has 166 valence electrons. The Balaban J connectivity index is 1.59. The molecule has 0 aromatic heterocycles. The highest BCUT2D eigenvalue weighted by atomic mass is 35.5. The summed E-state index contributed by atoms with van der Waals surface area (Å²) in [5.41, 5.74) is 5.71. The van der Waals surface area contributed by atoms with Crippen LogP contribution in [0.3, 0.4) is 0 Å². The van der Waals surface area contributed by atoms with Crippen LogP contribution >= 0.6 is 11.6 Å². The minimum atomic E-state index is -0.486. The number of nitrogens with zero attached hydrogens (tertiary/aromatic N) is 2. The van der Waals surface area contributed by atoms with Crippen molar-refractivity contribution in [3.8, 4) is 5.75 Å². The number of anilines is 1. The monoisotopic (exact) mass is 442 g/mol. The lowest BCUT2D eigenvalue weighted by Crippen LogP contribution is -2.38. The Hall–Kier alpha value is -2.40. The van der Waals surface area contributed by atoms with Crippen molar-refractivity contribution in [2.24, 2.45) is 0 Å². The lowest BCUT2D eigenvalue weighted by atomic mass is 9.94. The van der Waals surface area contributed by atoms with Gasteiger partial charge in [-0.15, -0.1) is 0 Å². The fourth-order valence-corrected chi connectivity index (χ4v) is 4.68. The van der Waals surface area contributed by atoms with E-state index >= 15 is 0 Å². The second-order valence-corrected chi connectivity index (χ2v) is 9.79. The molecule has 2 aliphatic heterocycles. The molecule has 0 radical (unpaired) electrons. The van der Waals surface area contributed by atoms with E-state index in [0.717, 1.165) is 42.4 Å². The summed E-state index contributed by atoms with van der Waals surface area (Å²) in [6.45, 7) is 11.5. The van der Waals surface area contributed by atoms with Gasteiger partial charge in [-0.25, -0.2) is 4.79 Å². The average molecular weight is 443 g/mol. The standard InChI is InChI=1S/C25H31ClN2O3/c1-17-21-9-11-27(24(29)31-25(2,3)4)10-8-19(21)15-22-23(17)28(12-13-30-22)16-18-6-5-7-20(26)14-18/h5-7,14-15H,8-13,16H2,1-4H3. The number of ether oxygens (including phenoxy) is 2. The molecule has 2 aromatic carbocycles. The number of benzene rings is 2. The van der Waals surface area contributed by atoms with Crippen molar-refractivity contribution in [1.29, 1.82) is 0 Å². The molecule has 4 rings (SSSR count). The van der Waals surface area contributed by atoms with Crippen molar-refractivity contribution in [2.45, 2.75) is 52.7 Å². The predicted octanol–water partition coefficient (Wildman–Crippen LogP) is 5.38. The third-order valence-electron chi connectivity index (χ3n) is 5.87. The Morgan fingerprint density at radius 1 is 1.16 bits per heavy atom. The Bertz CT molecular complexity index is 983. The summed E-state index contributed by atoms with van der Waals surface area (Å²) in [5.74, 6) is 0.940. The zero-order valence-corrected chi connectivity index (χ0v) is 19.6. The van der Waals surface area contributed by atoms with Gasteiger partial charge in [0.25, 0.3) is 0 Å². The van der Waals surface area contributed by atoms with Crippen LogP contribution in [0.1, 0.15) is 43.0 Å². The first kappa shape index (κ1) is 21.8. The van der Waals surface area contributed by atoms with Gasteiger partial charge in [0.1, 0.15) is 18.0 Å². The van der Waals surface area contributed by atoms with Crippen LogP contribution in [0.4, 0.5) is 10.5 Å². The van der Waals surface area contributed by atoms with E-state index in [0.29, 0.717) is 19.7 Å². The van der Waals surface area contributed by atoms with E-state index in [9.17, 15) is 4.79 Å². The van der Waals surface area contributed by atoms with E-state index in [4.69, 9.17) is 21.1 Å². The molecule has 6 heteroatoms. The molecule has 0 atom stereocenters. The normalized spacial score (nSPS) is 16.2. The average Bonchev–Trinajstić information content (AvgIpc) is 2.90. The van der Waals surface area contributed by atoms with Gasteiger partial charge in [-0.1, -0.05) is 23.7 Å². The van der Waals surface area contributed by atoms with Crippen molar-refractivity contribution in [1.82, 2.24) is 4.90 Å². The van der Waals surface area contributed by atoms with Crippen LogP contribution in [-0.4, -0.2) is 42.8 Å². The summed E-state index contributed by atoms with van der Waals surface area (Å²) in [6, 6.07) is 10.2. The lowest BCUT2D eigenvalue weighted by molar-refractivity contribution is 0.0258. The molecule has 31 heavy (non-hydrogen) atoms. The lowest BCUT2D eigenvalue weighted by Gasteiger charge is -2.34. The van der Waals surface area contributed by atoms with Crippen LogP contribution < -0.4 is 9.64 Å². The largest absolute Gasteiger partial charge is 0.490 e. The summed E-state index contributed by atoms with van der Waals surface area (Å²) < 4.78 is 11.7. The van der Waals surface area contributed by atoms with Gasteiger partial charge in [0.2, 0.25) is 0 Å². The molecule has 0 fully saturated rings. The highest BCUT2D eigenvalue weighted by Gasteiger charge is 2.28. The number of halogens is 1. The minimum Gasteiger partial charge on any atom is -0.490 e. The van der Waals surface area contributed by atoms with Gasteiger partial charge < -0.3 is 19.3 Å². The SMILES string of the molecule is Cc1c2c(cc3c1N(Cc1cccc(Cl)c1)CCO3)CCN(C(=O)OC(C)(C)C)CC2. The third kappa shape index (κ3) is 4.93. The van der Waals surface area contributed by atoms with Gasteiger partial charge >= 0.3 is 6.09 Å². The Kier molecular flexibility index (Phi) is 6.07. The quantitative estimate of drug-likeness (QED) is 0.625. The van der Waals surface area contributed by atoms with E-state index in [1.54, 1.807) is 0 Å². The van der Waals surface area contributed by atoms with Gasteiger partial charge in [0.15, 0.2) is 0 Å². The van der Waals surface area contributed by atoms with Crippen LogP contribution in [-0.2, 0) is 24.1 Å². The number of carbonyl (C=O) groups excluding carboxylic acids is 1. The number of amides is 1. The number of rotatable bonds is 2. The van der Waals surface area contributed by atoms with Crippen LogP contribution in [0.2, 0.25) is 5.02 Å². The smallest absolute Gasteiger partial charge is 0.410 e. The van der Waals surface area contributed by atoms with E-state index in [1.807, 2.05) is 43.9 Å². The molecule has 0 N–H and O–H groups in total. The highest BCUT2D eigenvalue weighted by molar-refractivity contribution is 6.30. The van der Waals surface area contributed by atoms with Gasteiger partial charge in [0.05, 0.1) is 12.2 Å². The molecule has 5 nitrogen and oxygen atoms in total. The number of hydrogen-bond acceptors (Lipinski definition) is 4. The molecule has 0 aliphatic carbocycles. The van der Waals surface area contributed by atoms with Gasteiger partial charge in [-0.05, 0) is 81.0 Å². The van der Waals surface area contributed by atoms with Crippen LogP contribution in [0.15, 0.2) is 30.3 Å². The maximum Gasteiger partial charge on any atom is 0.410 e. The molecular weight excluding hydrogens is 412 g/mol. The molecule has 1 amide bonds. The van der Waals surface area contributed by atoms with Gasteiger partial charge in [0, 0.05) is 24.7 Å². The van der Waals surface area contributed by atoms with Crippen LogP contribution in [0.25, 0.3) is 0 Å². The molecule has 0 spiro atoms. The zero-order valence-electron chi connectivity index (χ0n) is 18.8. The summed E-state index contributed by atoms with van der Waals surface area (Å²) >= 11 is 6.20. The molecular formula is C25H31ClN2O3. The van der Waals surface area contributed by atoms with Crippen molar-refractivity contribution in [2.75, 3.05) is 31.1 Å². The number of carbonyl (C=O) groups is 1. The maximum absolute atomic E-state index is 12.6. The maximum atomic E-state index is 12.6. The molecule has 2 heterocycles. The van der Waals surface area contributed by atoms with Crippen molar-refractivity contribution >= 4 is 23.4 Å². The fraction of sp³-hybridized carbons (Fsp3) is 0.480. The Morgan fingerprint density at radius 2 is 1.94 bits per heavy atom. The second-order valence-electron chi connectivity index (χ2n) is 9.35. The Labute approximate surface area is 189 Å². The van der Waals surface area contributed by atoms with Crippen LogP contribution in [0.5, 0.6) is 5.75 Å². The first-order valence-corrected chi connectivity index (χ1v) is 11.3. The Morgan fingerprint density at radius 3 is 2.68 bits per heavy atom. The minimum absolute atomic E-state index is 0.235. The molecule has 0 saturated heterocycles. The highest BCUT2D eigenvalue weighted by Crippen LogP contribution is 2.40. The summed E-state index contributed by atoms with van der Waals surface area (Å²) in [5, 5.41) is 0.756. The fourth-order valence-electron chi connectivity index (χ4n) is 4.47. The molecule has 2 aromatic rings. The van der Waals surface area contributed by atoms with E-state index in [1.165, 1.54) is 22.3 Å². The number of fused-ring (bicyclic) bond motifs is 2. The number of hydrogen-bond donors (Lipinski definition) is 0. The van der Waals surface area contributed by atoms with E-state index < -0.39 is 5.60 Å². The molecule has 0 unspecified atom stereocenters. The van der Waals surface area contributed by atoms with Gasteiger partial charge in [-0.3, -0.25) is 0 Å². The first-order chi connectivity index (χ1) is 14.7. The van der Waals surface area contributed by atoms with E-state index in [-0.39, 0.29) is 6.09 Å². The molecule has 0 saturated carbocycles. The van der Waals surface area contributed by atoms with Crippen molar-refractivity contribution in [3.05, 3.63) is 57.6 Å². The summed E-state index contributed by atoms with van der Waals surface area (Å²) in [6.07, 6.45) is 1.39. The van der Waals surface area contributed by atoms with Crippen molar-refractivity contribution < 1.29 is 14.3 Å².